The van der Waals surface area contributed by atoms with E-state index in [-0.39, 0.29) is 12.6 Å². The van der Waals surface area contributed by atoms with Crippen LogP contribution in [0.2, 0.25) is 0 Å². The van der Waals surface area contributed by atoms with Gasteiger partial charge >= 0.3 is 12.0 Å². The second-order valence-corrected chi connectivity index (χ2v) is 5.74. The molecule has 0 heterocycles. The van der Waals surface area contributed by atoms with Crippen LogP contribution in [-0.4, -0.2) is 42.1 Å². The Balaban J connectivity index is 1.89. The topological polar surface area (TPSA) is 69.6 Å². The van der Waals surface area contributed by atoms with Gasteiger partial charge in [-0.2, -0.15) is 0 Å². The zero-order valence-corrected chi connectivity index (χ0v) is 13.5. The van der Waals surface area contributed by atoms with Crippen molar-refractivity contribution in [3.63, 3.8) is 0 Å². The van der Waals surface area contributed by atoms with Crippen LogP contribution in [0, 0.1) is 5.92 Å². The first-order chi connectivity index (χ1) is 11.0. The number of aliphatic carboxylic acids is 1. The summed E-state index contributed by atoms with van der Waals surface area (Å²) in [7, 11) is 1.60. The molecule has 1 unspecified atom stereocenters. The molecule has 0 aromatic heterocycles. The first kappa shape index (κ1) is 16.8. The van der Waals surface area contributed by atoms with Crippen molar-refractivity contribution in [3.8, 4) is 0 Å². The summed E-state index contributed by atoms with van der Waals surface area (Å²) >= 11 is 0. The van der Waals surface area contributed by atoms with Crippen LogP contribution < -0.4 is 5.32 Å². The molecule has 122 valence electrons. The number of rotatable bonds is 6. The van der Waals surface area contributed by atoms with Crippen molar-refractivity contribution in [1.82, 2.24) is 10.2 Å². The lowest BCUT2D eigenvalue weighted by atomic mass is 10.0. The van der Waals surface area contributed by atoms with E-state index in [4.69, 9.17) is 5.11 Å². The quantitative estimate of drug-likeness (QED) is 0.861. The van der Waals surface area contributed by atoms with Crippen molar-refractivity contribution in [2.75, 3.05) is 20.1 Å². The van der Waals surface area contributed by atoms with Gasteiger partial charge in [-0.25, -0.2) is 4.79 Å². The highest BCUT2D eigenvalue weighted by Crippen LogP contribution is 2.18. The number of carboxylic acids is 1. The molecule has 0 spiro atoms. The Bertz CT molecular complexity index is 694. The number of carbonyl (C=O) groups is 2. The summed E-state index contributed by atoms with van der Waals surface area (Å²) in [6.07, 6.45) is 0.732. The van der Waals surface area contributed by atoms with Gasteiger partial charge in [0.05, 0.1) is 5.92 Å². The van der Waals surface area contributed by atoms with Gasteiger partial charge in [-0.15, -0.1) is 0 Å². The van der Waals surface area contributed by atoms with Crippen LogP contribution in [0.15, 0.2) is 42.5 Å². The molecule has 1 atom stereocenters. The van der Waals surface area contributed by atoms with E-state index in [1.807, 2.05) is 18.2 Å². The Morgan fingerprint density at radius 3 is 2.61 bits per heavy atom. The molecular weight excluding hydrogens is 292 g/mol. The fourth-order valence-electron chi connectivity index (χ4n) is 2.52. The molecule has 0 saturated heterocycles. The molecule has 2 rings (SSSR count). The Morgan fingerprint density at radius 2 is 1.87 bits per heavy atom. The third-order valence-electron chi connectivity index (χ3n) is 3.87. The number of carbonyl (C=O) groups excluding carboxylic acids is 1. The highest BCUT2D eigenvalue weighted by atomic mass is 16.4. The minimum absolute atomic E-state index is 0.190. The Kier molecular flexibility index (Phi) is 5.57. The minimum atomic E-state index is -0.902. The van der Waals surface area contributed by atoms with Gasteiger partial charge in [-0.1, -0.05) is 49.4 Å². The largest absolute Gasteiger partial charge is 0.481 e. The zero-order valence-electron chi connectivity index (χ0n) is 13.5. The standard InChI is InChI=1S/C18H22N2O3/c1-13(17(21)22)12-20(2)18(23)19-11-10-15-8-5-7-14-6-3-4-9-16(14)15/h3-9,13H,10-12H2,1-2H3,(H,19,23)(H,21,22). The Morgan fingerprint density at radius 1 is 1.17 bits per heavy atom. The lowest BCUT2D eigenvalue weighted by Gasteiger charge is -2.20. The van der Waals surface area contributed by atoms with Crippen molar-refractivity contribution >= 4 is 22.8 Å². The average Bonchev–Trinajstić information content (AvgIpc) is 2.54. The van der Waals surface area contributed by atoms with E-state index >= 15 is 0 Å². The number of hydrogen-bond donors (Lipinski definition) is 2. The average molecular weight is 314 g/mol. The number of fused-ring (bicyclic) bond motifs is 1. The van der Waals surface area contributed by atoms with E-state index in [0.29, 0.717) is 6.54 Å². The first-order valence-electron chi connectivity index (χ1n) is 7.67. The van der Waals surface area contributed by atoms with Crippen LogP contribution >= 0.6 is 0 Å². The van der Waals surface area contributed by atoms with Crippen molar-refractivity contribution in [2.24, 2.45) is 5.92 Å². The van der Waals surface area contributed by atoms with Crippen LogP contribution in [0.3, 0.4) is 0 Å². The number of nitrogens with zero attached hydrogens (tertiary/aromatic N) is 1. The van der Waals surface area contributed by atoms with Gasteiger partial charge in [0, 0.05) is 20.1 Å². The van der Waals surface area contributed by atoms with E-state index in [1.165, 1.54) is 21.2 Å². The highest BCUT2D eigenvalue weighted by molar-refractivity contribution is 5.85. The number of nitrogens with one attached hydrogen (secondary N) is 1. The van der Waals surface area contributed by atoms with Gasteiger partial charge in [0.25, 0.3) is 0 Å². The molecule has 2 aromatic rings. The normalized spacial score (nSPS) is 11.9. The number of benzene rings is 2. The first-order valence-corrected chi connectivity index (χ1v) is 7.67. The highest BCUT2D eigenvalue weighted by Gasteiger charge is 2.16. The number of amides is 2. The molecule has 2 N–H and O–H groups in total. The maximum absolute atomic E-state index is 12.0. The van der Waals surface area contributed by atoms with Gasteiger partial charge in [0.2, 0.25) is 0 Å². The molecule has 2 aromatic carbocycles. The van der Waals surface area contributed by atoms with E-state index < -0.39 is 11.9 Å². The molecule has 0 aliphatic carbocycles. The van der Waals surface area contributed by atoms with Gasteiger partial charge < -0.3 is 15.3 Å². The molecule has 2 amide bonds. The molecule has 0 aliphatic heterocycles. The SMILES string of the molecule is CC(CN(C)C(=O)NCCc1cccc2ccccc12)C(=O)O. The van der Waals surface area contributed by atoms with E-state index in [0.717, 1.165) is 6.42 Å². The summed E-state index contributed by atoms with van der Waals surface area (Å²) in [4.78, 5) is 24.2. The molecular formula is C18H22N2O3. The van der Waals surface area contributed by atoms with Crippen LogP contribution in [-0.2, 0) is 11.2 Å². The number of urea groups is 1. The molecule has 5 nitrogen and oxygen atoms in total. The third-order valence-corrected chi connectivity index (χ3v) is 3.87. The molecule has 0 bridgehead atoms. The van der Waals surface area contributed by atoms with E-state index in [9.17, 15) is 9.59 Å². The van der Waals surface area contributed by atoms with Crippen molar-refractivity contribution in [2.45, 2.75) is 13.3 Å². The van der Waals surface area contributed by atoms with Gasteiger partial charge in [-0.05, 0) is 22.8 Å². The fraction of sp³-hybridized carbons (Fsp3) is 0.333. The monoisotopic (exact) mass is 314 g/mol. The molecule has 0 aliphatic rings. The molecule has 0 fully saturated rings. The smallest absolute Gasteiger partial charge is 0.317 e. The second-order valence-electron chi connectivity index (χ2n) is 5.74. The third kappa shape index (κ3) is 4.45. The Hall–Kier alpha value is -2.56. The lowest BCUT2D eigenvalue weighted by molar-refractivity contribution is -0.141. The molecule has 5 heteroatoms. The maximum Gasteiger partial charge on any atom is 0.317 e. The summed E-state index contributed by atoms with van der Waals surface area (Å²) < 4.78 is 0. The minimum Gasteiger partial charge on any atom is -0.481 e. The van der Waals surface area contributed by atoms with Gasteiger partial charge in [0.15, 0.2) is 0 Å². The fourth-order valence-corrected chi connectivity index (χ4v) is 2.52. The molecule has 0 radical (unpaired) electrons. The zero-order chi connectivity index (χ0) is 16.8. The van der Waals surface area contributed by atoms with Crippen LogP contribution in [0.5, 0.6) is 0 Å². The summed E-state index contributed by atoms with van der Waals surface area (Å²) in [6, 6.07) is 14.0. The van der Waals surface area contributed by atoms with Crippen LogP contribution in [0.1, 0.15) is 12.5 Å². The summed E-state index contributed by atoms with van der Waals surface area (Å²) in [5.41, 5.74) is 1.19. The van der Waals surface area contributed by atoms with E-state index in [1.54, 1.807) is 14.0 Å². The summed E-state index contributed by atoms with van der Waals surface area (Å²) in [5.74, 6) is -1.48. The van der Waals surface area contributed by atoms with E-state index in [2.05, 4.69) is 29.6 Å². The van der Waals surface area contributed by atoms with Crippen molar-refractivity contribution in [3.05, 3.63) is 48.0 Å². The lowest BCUT2D eigenvalue weighted by Crippen LogP contribution is -2.41. The van der Waals surface area contributed by atoms with Crippen LogP contribution in [0.4, 0.5) is 4.79 Å². The van der Waals surface area contributed by atoms with Gasteiger partial charge in [-0.3, -0.25) is 4.79 Å². The summed E-state index contributed by atoms with van der Waals surface area (Å²) in [6.45, 7) is 2.29. The van der Waals surface area contributed by atoms with Crippen LogP contribution in [0.25, 0.3) is 10.8 Å². The Labute approximate surface area is 135 Å². The summed E-state index contributed by atoms with van der Waals surface area (Å²) in [5, 5.41) is 14.1. The van der Waals surface area contributed by atoms with Crippen molar-refractivity contribution in [1.29, 1.82) is 0 Å². The molecule has 23 heavy (non-hydrogen) atoms. The van der Waals surface area contributed by atoms with Crippen molar-refractivity contribution < 1.29 is 14.7 Å². The second kappa shape index (κ2) is 7.63. The number of hydrogen-bond acceptors (Lipinski definition) is 2. The predicted octanol–water partition coefficient (Wildman–Crippen LogP) is 2.74. The maximum atomic E-state index is 12.0. The number of carboxylic acid groups (broad SMARTS) is 1. The predicted molar refractivity (Wildman–Crippen MR) is 90.5 cm³/mol. The molecule has 0 saturated carbocycles. The van der Waals surface area contributed by atoms with Gasteiger partial charge in [0.1, 0.15) is 0 Å².